The average Bonchev–Trinajstić information content (AvgIpc) is 2.28. The van der Waals surface area contributed by atoms with Crippen LogP contribution in [0.15, 0.2) is 0 Å². The fourth-order valence-electron chi connectivity index (χ4n) is 1.81. The molecule has 0 bridgehead atoms. The second kappa shape index (κ2) is 5.97. The van der Waals surface area contributed by atoms with Crippen LogP contribution in [0.25, 0.3) is 0 Å². The molecule has 1 heterocycles. The van der Waals surface area contributed by atoms with Gasteiger partial charge in [0.15, 0.2) is 0 Å². The number of carboxylic acid groups (broad SMARTS) is 1. The van der Waals surface area contributed by atoms with Gasteiger partial charge in [0.2, 0.25) is 5.91 Å². The summed E-state index contributed by atoms with van der Waals surface area (Å²) >= 11 is 0. The summed E-state index contributed by atoms with van der Waals surface area (Å²) in [5.41, 5.74) is 0. The van der Waals surface area contributed by atoms with Crippen LogP contribution in [0, 0.1) is 5.92 Å². The number of carbonyl (C=O) groups excluding carboxylic acids is 1. The van der Waals surface area contributed by atoms with E-state index >= 15 is 0 Å². The molecule has 0 spiro atoms. The van der Waals surface area contributed by atoms with Crippen molar-refractivity contribution in [3.63, 3.8) is 0 Å². The molecular formula is C11H21N3O3. The zero-order valence-electron chi connectivity index (χ0n) is 10.6. The summed E-state index contributed by atoms with van der Waals surface area (Å²) in [6.45, 7) is 4.77. The molecular weight excluding hydrogens is 222 g/mol. The number of nitrogens with zero attached hydrogens (tertiary/aromatic N) is 2. The van der Waals surface area contributed by atoms with Crippen molar-refractivity contribution in [3.05, 3.63) is 0 Å². The molecule has 0 aromatic carbocycles. The summed E-state index contributed by atoms with van der Waals surface area (Å²) in [6, 6.07) is 0.249. The van der Waals surface area contributed by atoms with E-state index in [4.69, 9.17) is 5.11 Å². The highest BCUT2D eigenvalue weighted by atomic mass is 16.4. The maximum Gasteiger partial charge on any atom is 0.315 e. The van der Waals surface area contributed by atoms with Gasteiger partial charge in [-0.2, -0.15) is 0 Å². The Kier molecular flexibility index (Phi) is 4.89. The van der Waals surface area contributed by atoms with E-state index in [9.17, 15) is 9.59 Å². The summed E-state index contributed by atoms with van der Waals surface area (Å²) in [5, 5.41) is 11.4. The van der Waals surface area contributed by atoms with Crippen LogP contribution in [0.4, 0.5) is 0 Å². The van der Waals surface area contributed by atoms with Crippen LogP contribution in [-0.2, 0) is 9.59 Å². The molecule has 1 amide bonds. The third-order valence-electron chi connectivity index (χ3n) is 3.26. The molecule has 0 aromatic heterocycles. The van der Waals surface area contributed by atoms with Crippen molar-refractivity contribution in [1.29, 1.82) is 0 Å². The van der Waals surface area contributed by atoms with E-state index < -0.39 is 17.8 Å². The standard InChI is InChI=1S/C11H21N3O3/c1-8(11(16)17)10(15)12-6-9-7-13(2)4-5-14(9)3/h8-9H,4-7H2,1-3H3,(H,12,15)(H,16,17). The monoisotopic (exact) mass is 243 g/mol. The van der Waals surface area contributed by atoms with Gasteiger partial charge in [0, 0.05) is 32.2 Å². The van der Waals surface area contributed by atoms with E-state index in [0.29, 0.717) is 6.54 Å². The van der Waals surface area contributed by atoms with E-state index in [1.807, 2.05) is 14.1 Å². The zero-order chi connectivity index (χ0) is 13.0. The molecule has 0 saturated carbocycles. The van der Waals surface area contributed by atoms with Crippen LogP contribution >= 0.6 is 0 Å². The molecule has 1 fully saturated rings. The Balaban J connectivity index is 2.39. The van der Waals surface area contributed by atoms with Crippen LogP contribution < -0.4 is 5.32 Å². The number of carbonyl (C=O) groups is 2. The minimum atomic E-state index is -1.09. The van der Waals surface area contributed by atoms with Crippen molar-refractivity contribution >= 4 is 11.9 Å². The largest absolute Gasteiger partial charge is 0.481 e. The van der Waals surface area contributed by atoms with Gasteiger partial charge in [-0.25, -0.2) is 0 Å². The topological polar surface area (TPSA) is 72.9 Å². The lowest BCUT2D eigenvalue weighted by molar-refractivity contribution is -0.146. The Hall–Kier alpha value is -1.14. The van der Waals surface area contributed by atoms with Crippen molar-refractivity contribution in [2.45, 2.75) is 13.0 Å². The summed E-state index contributed by atoms with van der Waals surface area (Å²) < 4.78 is 0. The third kappa shape index (κ3) is 3.98. The van der Waals surface area contributed by atoms with E-state index in [0.717, 1.165) is 19.6 Å². The summed E-state index contributed by atoms with van der Waals surface area (Å²) in [4.78, 5) is 26.5. The van der Waals surface area contributed by atoms with Gasteiger partial charge < -0.3 is 15.3 Å². The fourth-order valence-corrected chi connectivity index (χ4v) is 1.81. The van der Waals surface area contributed by atoms with Crippen molar-refractivity contribution in [2.75, 3.05) is 40.3 Å². The van der Waals surface area contributed by atoms with Crippen LogP contribution in [0.3, 0.4) is 0 Å². The Morgan fingerprint density at radius 3 is 2.65 bits per heavy atom. The van der Waals surface area contributed by atoms with Crippen LogP contribution in [-0.4, -0.2) is 73.1 Å². The van der Waals surface area contributed by atoms with Gasteiger partial charge in [0.05, 0.1) is 0 Å². The lowest BCUT2D eigenvalue weighted by atomic mass is 10.1. The quantitative estimate of drug-likeness (QED) is 0.624. The Labute approximate surface area is 102 Å². The van der Waals surface area contributed by atoms with E-state index in [1.54, 1.807) is 0 Å². The number of rotatable bonds is 4. The number of hydrogen-bond donors (Lipinski definition) is 2. The smallest absolute Gasteiger partial charge is 0.315 e. The highest BCUT2D eigenvalue weighted by Gasteiger charge is 2.25. The van der Waals surface area contributed by atoms with Crippen LogP contribution in [0.5, 0.6) is 0 Å². The van der Waals surface area contributed by atoms with E-state index in [2.05, 4.69) is 15.1 Å². The normalized spacial score (nSPS) is 24.3. The number of carboxylic acids is 1. The minimum Gasteiger partial charge on any atom is -0.481 e. The van der Waals surface area contributed by atoms with Gasteiger partial charge in [-0.05, 0) is 21.0 Å². The Morgan fingerprint density at radius 2 is 2.06 bits per heavy atom. The molecule has 2 N–H and O–H groups in total. The summed E-state index contributed by atoms with van der Waals surface area (Å²) in [7, 11) is 4.06. The first-order valence-electron chi connectivity index (χ1n) is 5.81. The van der Waals surface area contributed by atoms with Gasteiger partial charge in [-0.1, -0.05) is 0 Å². The molecule has 0 aromatic rings. The molecule has 17 heavy (non-hydrogen) atoms. The molecule has 1 aliphatic rings. The van der Waals surface area contributed by atoms with Crippen molar-refractivity contribution in [1.82, 2.24) is 15.1 Å². The molecule has 1 aliphatic heterocycles. The maximum atomic E-state index is 11.5. The molecule has 1 saturated heterocycles. The molecule has 6 heteroatoms. The van der Waals surface area contributed by atoms with Crippen LogP contribution in [0.1, 0.15) is 6.92 Å². The van der Waals surface area contributed by atoms with Gasteiger partial charge in [-0.3, -0.25) is 14.5 Å². The number of piperazine rings is 1. The second-order valence-corrected chi connectivity index (χ2v) is 4.70. The average molecular weight is 243 g/mol. The zero-order valence-corrected chi connectivity index (χ0v) is 10.6. The van der Waals surface area contributed by atoms with Crippen molar-refractivity contribution in [2.24, 2.45) is 5.92 Å². The molecule has 98 valence electrons. The minimum absolute atomic E-state index is 0.249. The molecule has 0 radical (unpaired) electrons. The Bertz CT molecular complexity index is 296. The number of hydrogen-bond acceptors (Lipinski definition) is 4. The lowest BCUT2D eigenvalue weighted by Crippen LogP contribution is -2.54. The molecule has 2 unspecified atom stereocenters. The summed E-state index contributed by atoms with van der Waals surface area (Å²) in [6.07, 6.45) is 0. The van der Waals surface area contributed by atoms with Gasteiger partial charge >= 0.3 is 5.97 Å². The molecule has 0 aliphatic carbocycles. The SMILES string of the molecule is CC(C(=O)O)C(=O)NCC1CN(C)CCN1C. The van der Waals surface area contributed by atoms with Gasteiger partial charge in [0.25, 0.3) is 0 Å². The number of likely N-dealkylation sites (N-methyl/N-ethyl adjacent to an activating group) is 2. The highest BCUT2D eigenvalue weighted by Crippen LogP contribution is 2.05. The van der Waals surface area contributed by atoms with Crippen molar-refractivity contribution < 1.29 is 14.7 Å². The Morgan fingerprint density at radius 1 is 1.41 bits per heavy atom. The first kappa shape index (κ1) is 13.9. The number of amides is 1. The van der Waals surface area contributed by atoms with Crippen molar-refractivity contribution in [3.8, 4) is 0 Å². The molecule has 2 atom stereocenters. The number of aliphatic carboxylic acids is 1. The lowest BCUT2D eigenvalue weighted by Gasteiger charge is -2.37. The fraction of sp³-hybridized carbons (Fsp3) is 0.818. The van der Waals surface area contributed by atoms with Crippen LogP contribution in [0.2, 0.25) is 0 Å². The predicted octanol–water partition coefficient (Wildman–Crippen LogP) is -0.931. The second-order valence-electron chi connectivity index (χ2n) is 4.70. The summed E-state index contributed by atoms with van der Waals surface area (Å²) in [5.74, 6) is -2.49. The first-order chi connectivity index (χ1) is 7.91. The maximum absolute atomic E-state index is 11.5. The number of nitrogens with one attached hydrogen (secondary N) is 1. The molecule has 6 nitrogen and oxygen atoms in total. The predicted molar refractivity (Wildman–Crippen MR) is 63.7 cm³/mol. The third-order valence-corrected chi connectivity index (χ3v) is 3.26. The highest BCUT2D eigenvalue weighted by molar-refractivity contribution is 5.96. The van der Waals surface area contributed by atoms with Gasteiger partial charge in [0.1, 0.15) is 5.92 Å². The first-order valence-corrected chi connectivity index (χ1v) is 5.81. The van der Waals surface area contributed by atoms with Gasteiger partial charge in [-0.15, -0.1) is 0 Å². The molecule has 1 rings (SSSR count). The van der Waals surface area contributed by atoms with E-state index in [1.165, 1.54) is 6.92 Å². The van der Waals surface area contributed by atoms with E-state index in [-0.39, 0.29) is 6.04 Å².